The Balaban J connectivity index is 1.32. The first-order valence-electron chi connectivity index (χ1n) is 12.0. The minimum absolute atomic E-state index is 0.0902. The monoisotopic (exact) mass is 551 g/mol. The van der Waals surface area contributed by atoms with Crippen molar-refractivity contribution in [2.75, 3.05) is 73.7 Å². The van der Waals surface area contributed by atoms with Crippen LogP contribution in [0.1, 0.15) is 20.7 Å². The molecule has 0 N–H and O–H groups in total. The van der Waals surface area contributed by atoms with Gasteiger partial charge in [-0.3, -0.25) is 14.5 Å². The number of halogens is 2. The van der Waals surface area contributed by atoms with Gasteiger partial charge in [0.1, 0.15) is 0 Å². The number of methoxy groups -OCH3 is 3. The summed E-state index contributed by atoms with van der Waals surface area (Å²) in [4.78, 5) is 32.0. The third-order valence-electron chi connectivity index (χ3n) is 6.63. The van der Waals surface area contributed by atoms with Gasteiger partial charge in [-0.1, -0.05) is 23.2 Å². The summed E-state index contributed by atoms with van der Waals surface area (Å²) in [6.45, 7) is 4.72. The molecule has 0 spiro atoms. The number of hydrogen-bond acceptors (Lipinski definition) is 7. The summed E-state index contributed by atoms with van der Waals surface area (Å²) in [5, 5.41) is 0.775. The molecule has 2 amide bonds. The highest BCUT2D eigenvalue weighted by atomic mass is 35.5. The van der Waals surface area contributed by atoms with Crippen LogP contribution in [0, 0.1) is 0 Å². The zero-order valence-electron chi connectivity index (χ0n) is 21.2. The van der Waals surface area contributed by atoms with Gasteiger partial charge in [-0.15, -0.1) is 0 Å². The van der Waals surface area contributed by atoms with E-state index in [9.17, 15) is 9.59 Å². The fourth-order valence-corrected chi connectivity index (χ4v) is 4.93. The smallest absolute Gasteiger partial charge is 0.254 e. The maximum atomic E-state index is 13.2. The Morgan fingerprint density at radius 2 is 1.49 bits per heavy atom. The summed E-state index contributed by atoms with van der Waals surface area (Å²) >= 11 is 12.1. The van der Waals surface area contributed by atoms with Gasteiger partial charge >= 0.3 is 0 Å². The van der Waals surface area contributed by atoms with E-state index in [2.05, 4.69) is 4.90 Å². The highest BCUT2D eigenvalue weighted by molar-refractivity contribution is 6.42. The Hall–Kier alpha value is -2.72. The number of carbonyl (C=O) groups is 2. The van der Waals surface area contributed by atoms with E-state index in [1.54, 1.807) is 35.2 Å². The SMILES string of the molecule is COc1cc(C(=O)N2CCN(C[C@H]3CN(C(=O)c4ccc(Cl)c(Cl)c4)CCO3)CC2)cc(OC)c1OC. The Morgan fingerprint density at radius 1 is 0.838 bits per heavy atom. The third-order valence-corrected chi connectivity index (χ3v) is 7.36. The van der Waals surface area contributed by atoms with E-state index in [1.807, 2.05) is 4.90 Å². The van der Waals surface area contributed by atoms with Crippen molar-refractivity contribution in [1.82, 2.24) is 14.7 Å². The van der Waals surface area contributed by atoms with Crippen LogP contribution in [0.15, 0.2) is 30.3 Å². The molecule has 37 heavy (non-hydrogen) atoms. The molecule has 0 radical (unpaired) electrons. The average Bonchev–Trinajstić information content (AvgIpc) is 2.93. The fourth-order valence-electron chi connectivity index (χ4n) is 4.63. The highest BCUT2D eigenvalue weighted by Gasteiger charge is 2.30. The number of benzene rings is 2. The van der Waals surface area contributed by atoms with E-state index in [0.29, 0.717) is 90.8 Å². The van der Waals surface area contributed by atoms with E-state index >= 15 is 0 Å². The number of hydrogen-bond donors (Lipinski definition) is 0. The van der Waals surface area contributed by atoms with Crippen molar-refractivity contribution >= 4 is 35.0 Å². The summed E-state index contributed by atoms with van der Waals surface area (Å²) in [6.07, 6.45) is -0.113. The van der Waals surface area contributed by atoms with Gasteiger partial charge in [0.25, 0.3) is 11.8 Å². The lowest BCUT2D eigenvalue weighted by Crippen LogP contribution is -2.54. The maximum Gasteiger partial charge on any atom is 0.254 e. The summed E-state index contributed by atoms with van der Waals surface area (Å²) in [7, 11) is 4.58. The molecular formula is C26H31Cl2N3O6. The van der Waals surface area contributed by atoms with E-state index in [1.165, 1.54) is 21.3 Å². The number of carbonyl (C=O) groups excluding carboxylic acids is 2. The summed E-state index contributed by atoms with van der Waals surface area (Å²) < 4.78 is 22.1. The van der Waals surface area contributed by atoms with Crippen LogP contribution < -0.4 is 14.2 Å². The predicted molar refractivity (Wildman–Crippen MR) is 141 cm³/mol. The fraction of sp³-hybridized carbons (Fsp3) is 0.462. The van der Waals surface area contributed by atoms with Crippen molar-refractivity contribution in [1.29, 1.82) is 0 Å². The molecule has 1 atom stereocenters. The van der Waals surface area contributed by atoms with Crippen molar-refractivity contribution in [2.24, 2.45) is 0 Å². The van der Waals surface area contributed by atoms with Gasteiger partial charge in [0.15, 0.2) is 11.5 Å². The lowest BCUT2D eigenvalue weighted by atomic mass is 10.1. The molecule has 9 nitrogen and oxygen atoms in total. The van der Waals surface area contributed by atoms with Crippen LogP contribution >= 0.6 is 23.2 Å². The zero-order chi connectivity index (χ0) is 26.5. The number of ether oxygens (including phenoxy) is 4. The first-order chi connectivity index (χ1) is 17.8. The molecule has 2 saturated heterocycles. The molecule has 0 aliphatic carbocycles. The number of rotatable bonds is 7. The lowest BCUT2D eigenvalue weighted by Gasteiger charge is -2.39. The summed E-state index contributed by atoms with van der Waals surface area (Å²) in [6, 6.07) is 8.26. The second kappa shape index (κ2) is 12.2. The predicted octanol–water partition coefficient (Wildman–Crippen LogP) is 3.32. The summed E-state index contributed by atoms with van der Waals surface area (Å²) in [5.74, 6) is 1.15. The number of morpholine rings is 1. The average molecular weight is 552 g/mol. The quantitative estimate of drug-likeness (QED) is 0.522. The van der Waals surface area contributed by atoms with Gasteiger partial charge in [-0.05, 0) is 30.3 Å². The van der Waals surface area contributed by atoms with Crippen LogP contribution in [0.3, 0.4) is 0 Å². The van der Waals surface area contributed by atoms with Crippen LogP contribution in [-0.2, 0) is 4.74 Å². The third kappa shape index (κ3) is 6.23. The van der Waals surface area contributed by atoms with Crippen molar-refractivity contribution in [3.8, 4) is 17.2 Å². The van der Waals surface area contributed by atoms with Gasteiger partial charge in [-0.2, -0.15) is 0 Å². The molecule has 11 heteroatoms. The van der Waals surface area contributed by atoms with Crippen molar-refractivity contribution in [3.05, 3.63) is 51.5 Å². The normalized spacial score (nSPS) is 18.5. The Kier molecular flexibility index (Phi) is 9.02. The zero-order valence-corrected chi connectivity index (χ0v) is 22.7. The summed E-state index contributed by atoms with van der Waals surface area (Å²) in [5.41, 5.74) is 0.990. The number of piperazine rings is 1. The van der Waals surface area contributed by atoms with Gasteiger partial charge in [-0.25, -0.2) is 0 Å². The standard InChI is InChI=1S/C26H31Cl2N3O6/c1-34-22-13-18(14-23(35-2)24(22)36-3)26(33)30-8-6-29(7-9-30)15-19-16-31(10-11-37-19)25(32)17-4-5-20(27)21(28)12-17/h4-5,12-14,19H,6-11,15-16H2,1-3H3/t19-/m0/s1. The van der Waals surface area contributed by atoms with Crippen LogP contribution in [0.4, 0.5) is 0 Å². The molecule has 4 rings (SSSR count). The van der Waals surface area contributed by atoms with Gasteiger partial charge < -0.3 is 28.7 Å². The second-order valence-corrected chi connectivity index (χ2v) is 9.69. The molecule has 2 aliphatic heterocycles. The van der Waals surface area contributed by atoms with E-state index < -0.39 is 0 Å². The molecule has 2 aromatic rings. The Morgan fingerprint density at radius 3 is 2.08 bits per heavy atom. The van der Waals surface area contributed by atoms with Crippen molar-refractivity contribution in [3.63, 3.8) is 0 Å². The Bertz CT molecular complexity index is 1110. The molecule has 2 heterocycles. The van der Waals surface area contributed by atoms with Crippen molar-refractivity contribution in [2.45, 2.75) is 6.10 Å². The van der Waals surface area contributed by atoms with E-state index in [-0.39, 0.29) is 17.9 Å². The van der Waals surface area contributed by atoms with E-state index in [4.69, 9.17) is 42.1 Å². The van der Waals surface area contributed by atoms with Crippen LogP contribution in [0.5, 0.6) is 17.2 Å². The number of amides is 2. The van der Waals surface area contributed by atoms with Crippen LogP contribution in [-0.4, -0.2) is 106 Å². The Labute approximate surface area is 226 Å². The molecule has 2 aromatic carbocycles. The minimum atomic E-state index is -0.113. The largest absolute Gasteiger partial charge is 0.493 e. The second-order valence-electron chi connectivity index (χ2n) is 8.88. The molecule has 0 bridgehead atoms. The molecule has 2 fully saturated rings. The molecular weight excluding hydrogens is 521 g/mol. The van der Waals surface area contributed by atoms with Gasteiger partial charge in [0.05, 0.1) is 44.1 Å². The van der Waals surface area contributed by atoms with Gasteiger partial charge in [0.2, 0.25) is 5.75 Å². The molecule has 200 valence electrons. The van der Waals surface area contributed by atoms with Crippen LogP contribution in [0.25, 0.3) is 0 Å². The first kappa shape index (κ1) is 27.3. The first-order valence-corrected chi connectivity index (χ1v) is 12.8. The van der Waals surface area contributed by atoms with Crippen molar-refractivity contribution < 1.29 is 28.5 Å². The lowest BCUT2D eigenvalue weighted by molar-refractivity contribution is -0.0399. The number of nitrogens with zero attached hydrogens (tertiary/aromatic N) is 3. The topological polar surface area (TPSA) is 80.8 Å². The molecule has 2 aliphatic rings. The minimum Gasteiger partial charge on any atom is -0.493 e. The molecule has 0 saturated carbocycles. The van der Waals surface area contributed by atoms with Gasteiger partial charge in [0, 0.05) is 56.9 Å². The maximum absolute atomic E-state index is 13.2. The van der Waals surface area contributed by atoms with Crippen LogP contribution in [0.2, 0.25) is 10.0 Å². The van der Waals surface area contributed by atoms with E-state index in [0.717, 1.165) is 0 Å². The molecule has 0 unspecified atom stereocenters. The molecule has 0 aromatic heterocycles. The highest BCUT2D eigenvalue weighted by Crippen LogP contribution is 2.38.